The fourth-order valence-electron chi connectivity index (χ4n) is 4.16. The lowest BCUT2D eigenvalue weighted by Crippen LogP contribution is -3.15. The van der Waals surface area contributed by atoms with Gasteiger partial charge in [-0.05, 0) is 43.3 Å². The molecule has 2 atom stereocenters. The molecule has 0 saturated carbocycles. The van der Waals surface area contributed by atoms with Gasteiger partial charge in [0, 0.05) is 11.1 Å². The number of hydrogen-bond acceptors (Lipinski definition) is 3. The van der Waals surface area contributed by atoms with Crippen LogP contribution in [-0.2, 0) is 4.74 Å². The molecule has 2 N–H and O–H groups in total. The van der Waals surface area contributed by atoms with Gasteiger partial charge in [0.25, 0.3) is 5.91 Å². The summed E-state index contributed by atoms with van der Waals surface area (Å²) in [6.45, 7) is 5.46. The number of hydrogen-bond donors (Lipinski definition) is 2. The topological polar surface area (TPSA) is 52.0 Å². The number of carbonyl (C=O) groups excluding carboxylic acids is 1. The molecule has 5 heteroatoms. The first kappa shape index (κ1) is 21.1. The Balaban J connectivity index is 1.44. The first-order chi connectivity index (χ1) is 15.2. The Kier molecular flexibility index (Phi) is 6.97. The molecule has 160 valence electrons. The van der Waals surface area contributed by atoms with Gasteiger partial charge in [-0.25, -0.2) is 0 Å². The summed E-state index contributed by atoms with van der Waals surface area (Å²) in [4.78, 5) is 14.4. The minimum absolute atomic E-state index is 0.0248. The average molecular weight is 418 g/mol. The third kappa shape index (κ3) is 5.51. The third-order valence-electron chi connectivity index (χ3n) is 5.69. The van der Waals surface area contributed by atoms with E-state index in [0.717, 1.165) is 32.1 Å². The predicted molar refractivity (Wildman–Crippen MR) is 121 cm³/mol. The first-order valence-corrected chi connectivity index (χ1v) is 10.8. The molecule has 1 saturated heterocycles. The molecule has 0 aromatic heterocycles. The smallest absolute Gasteiger partial charge is 0.251 e. The summed E-state index contributed by atoms with van der Waals surface area (Å²) in [6.07, 6.45) is 0. The summed E-state index contributed by atoms with van der Waals surface area (Å²) < 4.78 is 11.4. The number of nitrogens with one attached hydrogen (secondary N) is 2. The van der Waals surface area contributed by atoms with Crippen molar-refractivity contribution in [2.45, 2.75) is 19.0 Å². The molecule has 5 nitrogen and oxygen atoms in total. The van der Waals surface area contributed by atoms with Gasteiger partial charge in [0.15, 0.2) is 0 Å². The number of benzene rings is 3. The number of morpholine rings is 1. The van der Waals surface area contributed by atoms with Gasteiger partial charge in [-0.15, -0.1) is 0 Å². The van der Waals surface area contributed by atoms with E-state index in [1.54, 1.807) is 12.1 Å². The molecule has 0 radical (unpaired) electrons. The van der Waals surface area contributed by atoms with Crippen molar-refractivity contribution in [3.05, 3.63) is 96.1 Å². The molecule has 0 spiro atoms. The molecule has 1 amide bonds. The Morgan fingerprint density at radius 2 is 1.45 bits per heavy atom. The number of ether oxygens (including phenoxy) is 2. The summed E-state index contributed by atoms with van der Waals surface area (Å²) in [7, 11) is 0. The van der Waals surface area contributed by atoms with E-state index in [1.165, 1.54) is 10.5 Å². The van der Waals surface area contributed by atoms with Crippen LogP contribution >= 0.6 is 0 Å². The second-order valence-electron chi connectivity index (χ2n) is 7.86. The molecule has 1 aliphatic rings. The zero-order valence-electron chi connectivity index (χ0n) is 17.8. The van der Waals surface area contributed by atoms with E-state index >= 15 is 0 Å². The van der Waals surface area contributed by atoms with Gasteiger partial charge in [-0.1, -0.05) is 48.5 Å². The highest BCUT2D eigenvalue weighted by molar-refractivity contribution is 5.94. The van der Waals surface area contributed by atoms with Crippen molar-refractivity contribution in [2.75, 3.05) is 26.3 Å². The molecular weight excluding hydrogens is 388 g/mol. The van der Waals surface area contributed by atoms with Gasteiger partial charge in [-0.2, -0.15) is 0 Å². The molecule has 0 unspecified atom stereocenters. The Hall–Kier alpha value is -3.15. The molecule has 3 aromatic carbocycles. The molecule has 3 aromatic rings. The van der Waals surface area contributed by atoms with Gasteiger partial charge in [0.2, 0.25) is 0 Å². The maximum absolute atomic E-state index is 13.0. The van der Waals surface area contributed by atoms with E-state index in [4.69, 9.17) is 9.47 Å². The van der Waals surface area contributed by atoms with Crippen LogP contribution in [0.4, 0.5) is 0 Å². The third-order valence-corrected chi connectivity index (χ3v) is 5.69. The standard InChI is InChI=1S/C26H28N2O3/c1-20(25(21-8-4-2-5-9-21)28-16-18-30-19-17-28)27-26(29)22-12-14-24(15-13-22)31-23-10-6-3-7-11-23/h2-15,20,25H,16-19H2,1H3,(H,27,29)/p+1/t20-,25+/m1/s1. The van der Waals surface area contributed by atoms with Gasteiger partial charge in [-0.3, -0.25) is 4.79 Å². The maximum Gasteiger partial charge on any atom is 0.251 e. The van der Waals surface area contributed by atoms with Crippen LogP contribution < -0.4 is 15.0 Å². The zero-order valence-corrected chi connectivity index (χ0v) is 17.8. The van der Waals surface area contributed by atoms with Gasteiger partial charge in [0.05, 0.1) is 19.3 Å². The zero-order chi connectivity index (χ0) is 21.5. The number of para-hydroxylation sites is 1. The van der Waals surface area contributed by atoms with E-state index in [1.807, 2.05) is 48.5 Å². The number of quaternary nitrogens is 1. The second-order valence-corrected chi connectivity index (χ2v) is 7.86. The molecule has 1 heterocycles. The lowest BCUT2D eigenvalue weighted by Gasteiger charge is -2.35. The Labute approximate surface area is 183 Å². The van der Waals surface area contributed by atoms with Crippen LogP contribution in [0.3, 0.4) is 0 Å². The summed E-state index contributed by atoms with van der Waals surface area (Å²) in [5, 5.41) is 3.22. The predicted octanol–water partition coefficient (Wildman–Crippen LogP) is 3.25. The Morgan fingerprint density at radius 1 is 0.871 bits per heavy atom. The van der Waals surface area contributed by atoms with Crippen LogP contribution in [0.2, 0.25) is 0 Å². The molecule has 1 aliphatic heterocycles. The van der Waals surface area contributed by atoms with E-state index in [0.29, 0.717) is 11.3 Å². The van der Waals surface area contributed by atoms with Crippen LogP contribution in [0.25, 0.3) is 0 Å². The van der Waals surface area contributed by atoms with E-state index in [-0.39, 0.29) is 18.0 Å². The van der Waals surface area contributed by atoms with Crippen molar-refractivity contribution >= 4 is 5.91 Å². The lowest BCUT2D eigenvalue weighted by molar-refractivity contribution is -0.940. The second kappa shape index (κ2) is 10.2. The highest BCUT2D eigenvalue weighted by Crippen LogP contribution is 2.21. The van der Waals surface area contributed by atoms with Crippen molar-refractivity contribution in [2.24, 2.45) is 0 Å². The molecular formula is C26H29N2O3+. The van der Waals surface area contributed by atoms with E-state index in [2.05, 4.69) is 36.5 Å². The van der Waals surface area contributed by atoms with Crippen molar-refractivity contribution in [1.29, 1.82) is 0 Å². The molecule has 0 bridgehead atoms. The first-order valence-electron chi connectivity index (χ1n) is 10.8. The van der Waals surface area contributed by atoms with E-state index in [9.17, 15) is 4.79 Å². The highest BCUT2D eigenvalue weighted by atomic mass is 16.5. The van der Waals surface area contributed by atoms with Crippen LogP contribution in [0.5, 0.6) is 11.5 Å². The largest absolute Gasteiger partial charge is 0.457 e. The van der Waals surface area contributed by atoms with Crippen LogP contribution in [0, 0.1) is 0 Å². The monoisotopic (exact) mass is 417 g/mol. The molecule has 31 heavy (non-hydrogen) atoms. The summed E-state index contributed by atoms with van der Waals surface area (Å²) in [6, 6.07) is 27.5. The van der Waals surface area contributed by atoms with Crippen molar-refractivity contribution in [3.63, 3.8) is 0 Å². The maximum atomic E-state index is 13.0. The fourth-order valence-corrected chi connectivity index (χ4v) is 4.16. The molecule has 1 fully saturated rings. The van der Waals surface area contributed by atoms with Gasteiger partial charge in [0.1, 0.15) is 30.6 Å². The van der Waals surface area contributed by atoms with E-state index < -0.39 is 0 Å². The SMILES string of the molecule is C[C@@H](NC(=O)c1ccc(Oc2ccccc2)cc1)[C@@H](c1ccccc1)[NH+]1CCOCC1. The highest BCUT2D eigenvalue weighted by Gasteiger charge is 2.32. The van der Waals surface area contributed by atoms with Gasteiger partial charge < -0.3 is 19.7 Å². The number of amides is 1. The molecule has 0 aliphatic carbocycles. The van der Waals surface area contributed by atoms with Crippen molar-refractivity contribution in [1.82, 2.24) is 5.32 Å². The average Bonchev–Trinajstić information content (AvgIpc) is 2.82. The summed E-state index contributed by atoms with van der Waals surface area (Å²) in [5.74, 6) is 1.40. The van der Waals surface area contributed by atoms with Crippen LogP contribution in [-0.4, -0.2) is 38.3 Å². The van der Waals surface area contributed by atoms with Crippen molar-refractivity contribution in [3.8, 4) is 11.5 Å². The summed E-state index contributed by atoms with van der Waals surface area (Å²) >= 11 is 0. The Bertz CT molecular complexity index is 955. The van der Waals surface area contributed by atoms with Gasteiger partial charge >= 0.3 is 0 Å². The number of rotatable bonds is 7. The minimum atomic E-state index is -0.0765. The normalized spacial score (nSPS) is 16.3. The fraction of sp³-hybridized carbons (Fsp3) is 0.269. The lowest BCUT2D eigenvalue weighted by atomic mass is 9.97. The quantitative estimate of drug-likeness (QED) is 0.621. The summed E-state index contributed by atoms with van der Waals surface area (Å²) in [5.41, 5.74) is 1.86. The van der Waals surface area contributed by atoms with Crippen LogP contribution in [0.1, 0.15) is 28.9 Å². The number of carbonyl (C=O) groups is 1. The molecule has 4 rings (SSSR count). The minimum Gasteiger partial charge on any atom is -0.457 e. The van der Waals surface area contributed by atoms with Crippen LogP contribution in [0.15, 0.2) is 84.9 Å². The van der Waals surface area contributed by atoms with Crippen molar-refractivity contribution < 1.29 is 19.2 Å². The Morgan fingerprint density at radius 3 is 2.10 bits per heavy atom.